The molecule has 2 aromatic heterocycles. The van der Waals surface area contributed by atoms with Crippen LogP contribution in [0.5, 0.6) is 0 Å². The van der Waals surface area contributed by atoms with Crippen LogP contribution in [0.2, 0.25) is 0 Å². The van der Waals surface area contributed by atoms with Crippen molar-refractivity contribution in [2.45, 2.75) is 44.6 Å². The largest absolute Gasteiger partial charge is 0.467 e. The Bertz CT molecular complexity index is 1450. The number of piperidine rings is 1. The van der Waals surface area contributed by atoms with Crippen LogP contribution in [0.4, 0.5) is 5.13 Å². The van der Waals surface area contributed by atoms with Gasteiger partial charge in [-0.3, -0.25) is 9.69 Å². The van der Waals surface area contributed by atoms with Crippen LogP contribution in [-0.4, -0.2) is 36.7 Å². The topological polar surface area (TPSA) is 83.7 Å². The summed E-state index contributed by atoms with van der Waals surface area (Å²) in [6.07, 6.45) is 4.37. The number of hydrogen-bond donors (Lipinski definition) is 0. The summed E-state index contributed by atoms with van der Waals surface area (Å²) >= 11 is 1.45. The molecule has 5 rings (SSSR count). The Hall–Kier alpha value is -3.01. The standard InChI is InChI=1S/C26H27N3O4S2/c1-18-8-13-23-24(19(18)2)27-26(34-23)29(17-21-7-6-16-33-21)25(30)20-9-11-22(12-10-20)35(31,32)28-14-4-3-5-15-28/h6-13,16H,3-5,14-15,17H2,1-2H3. The number of rotatable bonds is 6. The molecule has 2 aromatic carbocycles. The number of sulfonamides is 1. The summed E-state index contributed by atoms with van der Waals surface area (Å²) in [6.45, 7) is 5.37. The highest BCUT2D eigenvalue weighted by Gasteiger charge is 2.27. The monoisotopic (exact) mass is 509 g/mol. The van der Waals surface area contributed by atoms with E-state index in [0.717, 1.165) is 40.6 Å². The van der Waals surface area contributed by atoms with Crippen molar-refractivity contribution < 1.29 is 17.6 Å². The molecule has 0 atom stereocenters. The number of anilines is 1. The predicted molar refractivity (Wildman–Crippen MR) is 137 cm³/mol. The minimum Gasteiger partial charge on any atom is -0.467 e. The van der Waals surface area contributed by atoms with Gasteiger partial charge in [0.05, 0.1) is 27.9 Å². The normalized spacial score (nSPS) is 14.9. The predicted octanol–water partition coefficient (Wildman–Crippen LogP) is 5.53. The number of benzene rings is 2. The number of fused-ring (bicyclic) bond motifs is 1. The Kier molecular flexibility index (Phi) is 6.48. The van der Waals surface area contributed by atoms with Crippen molar-refractivity contribution in [3.05, 3.63) is 77.2 Å². The average molecular weight is 510 g/mol. The highest BCUT2D eigenvalue weighted by molar-refractivity contribution is 7.89. The Balaban J connectivity index is 1.48. The Morgan fingerprint density at radius 2 is 1.80 bits per heavy atom. The van der Waals surface area contributed by atoms with Crippen LogP contribution in [0.1, 0.15) is 46.5 Å². The van der Waals surface area contributed by atoms with Gasteiger partial charge in [0.15, 0.2) is 5.13 Å². The number of furan rings is 1. The van der Waals surface area contributed by atoms with Crippen molar-refractivity contribution in [3.63, 3.8) is 0 Å². The van der Waals surface area contributed by atoms with Crippen molar-refractivity contribution in [2.24, 2.45) is 0 Å². The zero-order valence-corrected chi connectivity index (χ0v) is 21.4. The van der Waals surface area contributed by atoms with E-state index in [-0.39, 0.29) is 17.3 Å². The van der Waals surface area contributed by atoms with Crippen LogP contribution >= 0.6 is 11.3 Å². The number of thiazole rings is 1. The molecule has 0 unspecified atom stereocenters. The van der Waals surface area contributed by atoms with Crippen molar-refractivity contribution in [2.75, 3.05) is 18.0 Å². The second kappa shape index (κ2) is 9.56. The number of carbonyl (C=O) groups excluding carboxylic acids is 1. The van der Waals surface area contributed by atoms with Crippen LogP contribution in [0.25, 0.3) is 10.2 Å². The summed E-state index contributed by atoms with van der Waals surface area (Å²) in [6, 6.07) is 13.9. The van der Waals surface area contributed by atoms with Gasteiger partial charge in [0.1, 0.15) is 5.76 Å². The number of hydrogen-bond acceptors (Lipinski definition) is 6. The molecule has 4 aromatic rings. The molecular formula is C26H27N3O4S2. The molecule has 0 aliphatic carbocycles. The molecule has 0 N–H and O–H groups in total. The molecule has 1 fully saturated rings. The minimum atomic E-state index is -3.56. The first kappa shape index (κ1) is 23.7. The molecule has 182 valence electrons. The first-order valence-electron chi connectivity index (χ1n) is 11.7. The molecule has 0 bridgehead atoms. The third kappa shape index (κ3) is 4.63. The maximum Gasteiger partial charge on any atom is 0.260 e. The highest BCUT2D eigenvalue weighted by atomic mass is 32.2. The van der Waals surface area contributed by atoms with Crippen molar-refractivity contribution >= 4 is 42.6 Å². The zero-order chi connectivity index (χ0) is 24.6. The van der Waals surface area contributed by atoms with E-state index >= 15 is 0 Å². The number of aryl methyl sites for hydroxylation is 2. The summed E-state index contributed by atoms with van der Waals surface area (Å²) < 4.78 is 34.1. The van der Waals surface area contributed by atoms with Crippen LogP contribution in [0, 0.1) is 13.8 Å². The van der Waals surface area contributed by atoms with E-state index < -0.39 is 10.0 Å². The third-order valence-electron chi connectivity index (χ3n) is 6.50. The summed E-state index contributed by atoms with van der Waals surface area (Å²) in [4.78, 5) is 20.2. The van der Waals surface area contributed by atoms with E-state index in [1.807, 2.05) is 26.0 Å². The van der Waals surface area contributed by atoms with Crippen molar-refractivity contribution in [1.82, 2.24) is 9.29 Å². The maximum absolute atomic E-state index is 13.7. The molecule has 0 radical (unpaired) electrons. The van der Waals surface area contributed by atoms with E-state index in [2.05, 4.69) is 6.07 Å². The fourth-order valence-corrected chi connectivity index (χ4v) is 6.83. The van der Waals surface area contributed by atoms with Gasteiger partial charge in [-0.15, -0.1) is 0 Å². The molecule has 1 amide bonds. The van der Waals surface area contributed by atoms with Gasteiger partial charge in [-0.1, -0.05) is 23.8 Å². The molecule has 0 spiro atoms. The molecule has 1 saturated heterocycles. The number of amides is 1. The van der Waals surface area contributed by atoms with E-state index in [9.17, 15) is 13.2 Å². The van der Waals surface area contributed by atoms with Gasteiger partial charge in [-0.2, -0.15) is 4.31 Å². The second-order valence-electron chi connectivity index (χ2n) is 8.81. The smallest absolute Gasteiger partial charge is 0.260 e. The van der Waals surface area contributed by atoms with Gasteiger partial charge < -0.3 is 4.42 Å². The lowest BCUT2D eigenvalue weighted by Gasteiger charge is -2.26. The molecule has 1 aliphatic rings. The zero-order valence-electron chi connectivity index (χ0n) is 19.7. The van der Waals surface area contributed by atoms with E-state index in [0.29, 0.717) is 29.5 Å². The lowest BCUT2D eigenvalue weighted by atomic mass is 10.1. The fourth-order valence-electron chi connectivity index (χ4n) is 4.29. The lowest BCUT2D eigenvalue weighted by Crippen LogP contribution is -2.35. The average Bonchev–Trinajstić information content (AvgIpc) is 3.55. The first-order valence-corrected chi connectivity index (χ1v) is 13.9. The van der Waals surface area contributed by atoms with E-state index in [1.54, 1.807) is 29.4 Å². The molecular weight excluding hydrogens is 482 g/mol. The summed E-state index contributed by atoms with van der Waals surface area (Å²) in [7, 11) is -3.56. The Morgan fingerprint density at radius 3 is 2.49 bits per heavy atom. The Morgan fingerprint density at radius 1 is 1.06 bits per heavy atom. The quantitative estimate of drug-likeness (QED) is 0.341. The van der Waals surface area contributed by atoms with E-state index in [4.69, 9.17) is 9.40 Å². The molecule has 35 heavy (non-hydrogen) atoms. The molecule has 1 aliphatic heterocycles. The molecule has 3 heterocycles. The highest BCUT2D eigenvalue weighted by Crippen LogP contribution is 2.33. The SMILES string of the molecule is Cc1ccc2sc(N(Cc3ccco3)C(=O)c3ccc(S(=O)(=O)N4CCCCC4)cc3)nc2c1C. The summed E-state index contributed by atoms with van der Waals surface area (Å²) in [5.74, 6) is 0.367. The van der Waals surface area contributed by atoms with Gasteiger partial charge >= 0.3 is 0 Å². The number of nitrogens with zero attached hydrogens (tertiary/aromatic N) is 3. The fraction of sp³-hybridized carbons (Fsp3) is 0.308. The van der Waals surface area contributed by atoms with Crippen LogP contribution in [0.3, 0.4) is 0 Å². The molecule has 9 heteroatoms. The van der Waals surface area contributed by atoms with Crippen LogP contribution in [-0.2, 0) is 16.6 Å². The number of aromatic nitrogens is 1. The summed E-state index contributed by atoms with van der Waals surface area (Å²) in [5, 5.41) is 0.570. The maximum atomic E-state index is 13.7. The van der Waals surface area contributed by atoms with Crippen LogP contribution < -0.4 is 4.90 Å². The van der Waals surface area contributed by atoms with Gasteiger partial charge in [0.2, 0.25) is 10.0 Å². The van der Waals surface area contributed by atoms with Gasteiger partial charge in [-0.05, 0) is 80.3 Å². The van der Waals surface area contributed by atoms with Crippen molar-refractivity contribution in [3.8, 4) is 0 Å². The van der Waals surface area contributed by atoms with Crippen LogP contribution in [0.15, 0.2) is 64.1 Å². The first-order chi connectivity index (χ1) is 16.8. The third-order valence-corrected chi connectivity index (χ3v) is 9.45. The second-order valence-corrected chi connectivity index (χ2v) is 11.8. The lowest BCUT2D eigenvalue weighted by molar-refractivity contribution is 0.0983. The summed E-state index contributed by atoms with van der Waals surface area (Å²) in [5.41, 5.74) is 3.50. The number of carbonyl (C=O) groups is 1. The van der Waals surface area contributed by atoms with Gasteiger partial charge in [0.25, 0.3) is 5.91 Å². The molecule has 0 saturated carbocycles. The molecule has 7 nitrogen and oxygen atoms in total. The van der Waals surface area contributed by atoms with Gasteiger partial charge in [0, 0.05) is 18.7 Å². The van der Waals surface area contributed by atoms with Crippen molar-refractivity contribution in [1.29, 1.82) is 0 Å². The minimum absolute atomic E-state index is 0.208. The Labute approximate surface area is 209 Å². The van der Waals surface area contributed by atoms with E-state index in [1.165, 1.54) is 27.8 Å². The van der Waals surface area contributed by atoms with Gasteiger partial charge in [-0.25, -0.2) is 13.4 Å².